The number of ether oxygens (including phenoxy) is 1. The van der Waals surface area contributed by atoms with E-state index in [1.54, 1.807) is 28.9 Å². The van der Waals surface area contributed by atoms with Crippen molar-refractivity contribution in [3.8, 4) is 5.75 Å². The molecule has 3 aromatic heterocycles. The van der Waals surface area contributed by atoms with Crippen molar-refractivity contribution in [3.05, 3.63) is 89.3 Å². The molecule has 0 aliphatic rings. The number of aromatic nitrogens is 4. The van der Waals surface area contributed by atoms with Crippen LogP contribution in [0.25, 0.3) is 16.7 Å². The van der Waals surface area contributed by atoms with Gasteiger partial charge in [-0.3, -0.25) is 10.1 Å². The van der Waals surface area contributed by atoms with Gasteiger partial charge in [-0.25, -0.2) is 9.97 Å². The van der Waals surface area contributed by atoms with Crippen LogP contribution in [-0.4, -0.2) is 25.3 Å². The van der Waals surface area contributed by atoms with Gasteiger partial charge in [-0.05, 0) is 29.8 Å². The second-order valence-electron chi connectivity index (χ2n) is 6.73. The Hall–Kier alpha value is -3.84. The zero-order chi connectivity index (χ0) is 20.5. The summed E-state index contributed by atoms with van der Waals surface area (Å²) < 4.78 is 7.54. The first-order chi connectivity index (χ1) is 14.6. The van der Waals surface area contributed by atoms with Gasteiger partial charge in [-0.1, -0.05) is 41.9 Å². The number of H-pyrrole nitrogens is 1. The Morgan fingerprint density at radius 1 is 1.07 bits per heavy atom. The van der Waals surface area contributed by atoms with Crippen LogP contribution in [0.15, 0.2) is 73.1 Å². The maximum Gasteiger partial charge on any atom is 0.278 e. The number of nitrogens with zero attached hydrogens (tertiary/aromatic N) is 3. The van der Waals surface area contributed by atoms with Gasteiger partial charge < -0.3 is 14.1 Å². The minimum absolute atomic E-state index is 0.268. The molecule has 0 atom stereocenters. The number of aromatic amines is 1. The Kier molecular flexibility index (Phi) is 4.57. The van der Waals surface area contributed by atoms with Crippen LogP contribution < -0.4 is 10.1 Å². The Morgan fingerprint density at radius 3 is 2.80 bits per heavy atom. The lowest BCUT2D eigenvalue weighted by Gasteiger charge is -2.05. The highest BCUT2D eigenvalue weighted by molar-refractivity contribution is 6.30. The number of fused-ring (bicyclic) bond motifs is 2. The first kappa shape index (κ1) is 18.2. The van der Waals surface area contributed by atoms with Gasteiger partial charge >= 0.3 is 0 Å². The zero-order valence-corrected chi connectivity index (χ0v) is 16.4. The van der Waals surface area contributed by atoms with Crippen LogP contribution >= 0.6 is 11.6 Å². The fraction of sp³-hybridized carbons (Fsp3) is 0.0455. The van der Waals surface area contributed by atoms with Gasteiger partial charge in [0, 0.05) is 18.5 Å². The van der Waals surface area contributed by atoms with E-state index in [9.17, 15) is 4.79 Å². The topological polar surface area (TPSA) is 84.3 Å². The minimum atomic E-state index is -0.366. The monoisotopic (exact) mass is 417 g/mol. The van der Waals surface area contributed by atoms with Crippen molar-refractivity contribution in [1.29, 1.82) is 0 Å². The summed E-state index contributed by atoms with van der Waals surface area (Å²) in [4.78, 5) is 24.4. The molecule has 2 aromatic carbocycles. The van der Waals surface area contributed by atoms with E-state index in [2.05, 4.69) is 20.3 Å². The van der Waals surface area contributed by atoms with Crippen molar-refractivity contribution in [2.45, 2.75) is 6.61 Å². The molecule has 0 aliphatic heterocycles. The van der Waals surface area contributed by atoms with Gasteiger partial charge in [0.1, 0.15) is 23.7 Å². The number of benzene rings is 2. The number of carbonyl (C=O) groups excluding carboxylic acids is 1. The molecule has 0 radical (unpaired) electrons. The smallest absolute Gasteiger partial charge is 0.278 e. The van der Waals surface area contributed by atoms with Crippen LogP contribution in [0.4, 0.5) is 5.95 Å². The van der Waals surface area contributed by atoms with E-state index in [0.29, 0.717) is 34.5 Å². The Bertz CT molecular complexity index is 1360. The molecule has 30 heavy (non-hydrogen) atoms. The van der Waals surface area contributed by atoms with Gasteiger partial charge in [-0.2, -0.15) is 0 Å². The summed E-state index contributed by atoms with van der Waals surface area (Å²) in [6, 6.07) is 19.0. The summed E-state index contributed by atoms with van der Waals surface area (Å²) in [6.45, 7) is 0.470. The van der Waals surface area contributed by atoms with Gasteiger partial charge in [0.2, 0.25) is 5.95 Å². The maximum absolute atomic E-state index is 12.6. The van der Waals surface area contributed by atoms with Crippen molar-refractivity contribution < 1.29 is 9.53 Å². The Morgan fingerprint density at radius 2 is 1.93 bits per heavy atom. The molecule has 5 aromatic rings. The lowest BCUT2D eigenvalue weighted by Crippen LogP contribution is -2.13. The van der Waals surface area contributed by atoms with Crippen LogP contribution in [0.1, 0.15) is 16.1 Å². The first-order valence-electron chi connectivity index (χ1n) is 9.26. The molecule has 8 heteroatoms. The molecule has 7 nitrogen and oxygen atoms in total. The van der Waals surface area contributed by atoms with Crippen LogP contribution in [-0.2, 0) is 6.61 Å². The molecule has 1 amide bonds. The van der Waals surface area contributed by atoms with Gasteiger partial charge in [-0.15, -0.1) is 0 Å². The standard InChI is InChI=1S/C22H16ClN5O2/c23-15-6-9-20-24-19(12-28(20)11-15)21(29)27-22-25-17-8-7-16(10-18(17)26-22)30-13-14-4-2-1-3-5-14/h1-12H,13H2,(H2,25,26,27,29). The summed E-state index contributed by atoms with van der Waals surface area (Å²) in [5.74, 6) is 0.674. The number of amides is 1. The molecule has 3 heterocycles. The number of pyridine rings is 1. The number of hydrogen-bond donors (Lipinski definition) is 2. The van der Waals surface area contributed by atoms with Crippen LogP contribution in [0.3, 0.4) is 0 Å². The molecule has 0 spiro atoms. The molecule has 0 bridgehead atoms. The van der Waals surface area contributed by atoms with E-state index in [-0.39, 0.29) is 11.6 Å². The average molecular weight is 418 g/mol. The predicted octanol–water partition coefficient (Wildman–Crippen LogP) is 4.70. The number of anilines is 1. The van der Waals surface area contributed by atoms with Crippen molar-refractivity contribution >= 4 is 40.1 Å². The maximum atomic E-state index is 12.6. The van der Waals surface area contributed by atoms with E-state index < -0.39 is 0 Å². The minimum Gasteiger partial charge on any atom is -0.489 e. The van der Waals surface area contributed by atoms with Crippen molar-refractivity contribution in [2.75, 3.05) is 5.32 Å². The number of hydrogen-bond acceptors (Lipinski definition) is 4. The van der Waals surface area contributed by atoms with Crippen molar-refractivity contribution in [2.24, 2.45) is 0 Å². The molecule has 2 N–H and O–H groups in total. The number of halogens is 1. The highest BCUT2D eigenvalue weighted by Crippen LogP contribution is 2.22. The van der Waals surface area contributed by atoms with Gasteiger partial charge in [0.15, 0.2) is 0 Å². The summed E-state index contributed by atoms with van der Waals surface area (Å²) >= 11 is 5.98. The molecule has 148 valence electrons. The van der Waals surface area contributed by atoms with Crippen LogP contribution in [0, 0.1) is 0 Å². The molecule has 0 unspecified atom stereocenters. The van der Waals surface area contributed by atoms with Crippen LogP contribution in [0.2, 0.25) is 5.02 Å². The molecular weight excluding hydrogens is 402 g/mol. The zero-order valence-electron chi connectivity index (χ0n) is 15.7. The predicted molar refractivity (Wildman–Crippen MR) is 115 cm³/mol. The second kappa shape index (κ2) is 7.53. The normalized spacial score (nSPS) is 11.1. The largest absolute Gasteiger partial charge is 0.489 e. The van der Waals surface area contributed by atoms with Crippen molar-refractivity contribution in [1.82, 2.24) is 19.4 Å². The second-order valence-corrected chi connectivity index (χ2v) is 7.17. The summed E-state index contributed by atoms with van der Waals surface area (Å²) in [7, 11) is 0. The van der Waals surface area contributed by atoms with Crippen LogP contribution in [0.5, 0.6) is 5.75 Å². The molecule has 0 fully saturated rings. The highest BCUT2D eigenvalue weighted by Gasteiger charge is 2.14. The molecule has 5 rings (SSSR count). The number of imidazole rings is 2. The lowest BCUT2D eigenvalue weighted by atomic mass is 10.2. The summed E-state index contributed by atoms with van der Waals surface area (Å²) in [5, 5.41) is 3.31. The Labute approximate surface area is 176 Å². The number of carbonyl (C=O) groups is 1. The average Bonchev–Trinajstić information content (AvgIpc) is 3.35. The molecular formula is C22H16ClN5O2. The fourth-order valence-corrected chi connectivity index (χ4v) is 3.29. The summed E-state index contributed by atoms with van der Waals surface area (Å²) in [6.07, 6.45) is 3.31. The molecule has 0 saturated carbocycles. The van der Waals surface area contributed by atoms with Gasteiger partial charge in [0.25, 0.3) is 5.91 Å². The highest BCUT2D eigenvalue weighted by atomic mass is 35.5. The first-order valence-corrected chi connectivity index (χ1v) is 9.64. The number of nitrogens with one attached hydrogen (secondary N) is 2. The van der Waals surface area contributed by atoms with E-state index in [1.165, 1.54) is 0 Å². The van der Waals surface area contributed by atoms with E-state index in [0.717, 1.165) is 11.1 Å². The molecule has 0 saturated heterocycles. The summed E-state index contributed by atoms with van der Waals surface area (Å²) in [5.41, 5.74) is 3.47. The van der Waals surface area contributed by atoms with E-state index in [4.69, 9.17) is 16.3 Å². The molecule has 0 aliphatic carbocycles. The van der Waals surface area contributed by atoms with Crippen molar-refractivity contribution in [3.63, 3.8) is 0 Å². The quantitative estimate of drug-likeness (QED) is 0.434. The van der Waals surface area contributed by atoms with E-state index in [1.807, 2.05) is 48.5 Å². The van der Waals surface area contributed by atoms with E-state index >= 15 is 0 Å². The lowest BCUT2D eigenvalue weighted by molar-refractivity contribution is 0.102. The third-order valence-corrected chi connectivity index (χ3v) is 4.81. The Balaban J connectivity index is 1.32. The fourth-order valence-electron chi connectivity index (χ4n) is 3.12. The number of rotatable bonds is 5. The SMILES string of the molecule is O=C(Nc1nc2cc(OCc3ccccc3)ccc2[nH]1)c1cn2cc(Cl)ccc2n1. The van der Waals surface area contributed by atoms with Gasteiger partial charge in [0.05, 0.1) is 16.1 Å². The third-order valence-electron chi connectivity index (χ3n) is 4.58. The third kappa shape index (κ3) is 3.70.